The highest BCUT2D eigenvalue weighted by molar-refractivity contribution is 5.66. The Morgan fingerprint density at radius 3 is 2.75 bits per heavy atom. The standard InChI is InChI=1S/C14H17N3O3/c1-20-12-7-5-11(6-8-12)9-17-13(15-10-16-17)3-2-4-14(18)19/h5-8,10H,2-4,9H2,1H3,(H,18,19). The average Bonchev–Trinajstić information content (AvgIpc) is 2.87. The van der Waals surface area contributed by atoms with Gasteiger partial charge >= 0.3 is 5.97 Å². The summed E-state index contributed by atoms with van der Waals surface area (Å²) in [5, 5.41) is 12.8. The first-order valence-corrected chi connectivity index (χ1v) is 6.40. The number of methoxy groups -OCH3 is 1. The number of carboxylic acid groups (broad SMARTS) is 1. The van der Waals surface area contributed by atoms with Crippen LogP contribution in [0.25, 0.3) is 0 Å². The first-order valence-electron chi connectivity index (χ1n) is 6.40. The molecule has 2 rings (SSSR count). The Kier molecular flexibility index (Phi) is 4.70. The Bertz CT molecular complexity index is 563. The van der Waals surface area contributed by atoms with Gasteiger partial charge in [-0.2, -0.15) is 5.10 Å². The van der Waals surface area contributed by atoms with Crippen LogP contribution in [0.5, 0.6) is 5.75 Å². The molecule has 1 aromatic carbocycles. The first-order chi connectivity index (χ1) is 9.69. The number of ether oxygens (including phenoxy) is 1. The van der Waals surface area contributed by atoms with Crippen LogP contribution in [-0.4, -0.2) is 33.0 Å². The van der Waals surface area contributed by atoms with Gasteiger partial charge in [0.05, 0.1) is 13.7 Å². The molecule has 20 heavy (non-hydrogen) atoms. The molecular weight excluding hydrogens is 258 g/mol. The number of aliphatic carboxylic acids is 1. The lowest BCUT2D eigenvalue weighted by Gasteiger charge is -2.06. The Morgan fingerprint density at radius 2 is 2.10 bits per heavy atom. The molecule has 0 atom stereocenters. The quantitative estimate of drug-likeness (QED) is 0.832. The van der Waals surface area contributed by atoms with E-state index in [2.05, 4.69) is 10.1 Å². The van der Waals surface area contributed by atoms with Crippen LogP contribution < -0.4 is 4.74 Å². The molecule has 6 nitrogen and oxygen atoms in total. The molecule has 0 bridgehead atoms. The zero-order valence-corrected chi connectivity index (χ0v) is 11.3. The second-order valence-electron chi connectivity index (χ2n) is 4.43. The van der Waals surface area contributed by atoms with Crippen LogP contribution in [0.2, 0.25) is 0 Å². The maximum Gasteiger partial charge on any atom is 0.303 e. The van der Waals surface area contributed by atoms with E-state index in [1.807, 2.05) is 24.3 Å². The third-order valence-corrected chi connectivity index (χ3v) is 2.98. The number of carboxylic acids is 1. The molecule has 0 fully saturated rings. The number of benzene rings is 1. The highest BCUT2D eigenvalue weighted by Crippen LogP contribution is 2.13. The Labute approximate surface area is 117 Å². The van der Waals surface area contributed by atoms with Crippen molar-refractivity contribution in [3.63, 3.8) is 0 Å². The van der Waals surface area contributed by atoms with Crippen molar-refractivity contribution in [1.82, 2.24) is 14.8 Å². The molecule has 106 valence electrons. The third kappa shape index (κ3) is 3.81. The summed E-state index contributed by atoms with van der Waals surface area (Å²) in [6.07, 6.45) is 2.83. The van der Waals surface area contributed by atoms with Gasteiger partial charge in [0, 0.05) is 12.8 Å². The Balaban J connectivity index is 1.98. The number of hydrogen-bond acceptors (Lipinski definition) is 4. The largest absolute Gasteiger partial charge is 0.497 e. The van der Waals surface area contributed by atoms with Gasteiger partial charge < -0.3 is 9.84 Å². The van der Waals surface area contributed by atoms with E-state index in [1.54, 1.807) is 11.8 Å². The third-order valence-electron chi connectivity index (χ3n) is 2.98. The number of aryl methyl sites for hydroxylation is 1. The summed E-state index contributed by atoms with van der Waals surface area (Å²) in [5.74, 6) is 0.835. The summed E-state index contributed by atoms with van der Waals surface area (Å²) in [7, 11) is 1.63. The fourth-order valence-electron chi connectivity index (χ4n) is 1.92. The Morgan fingerprint density at radius 1 is 1.35 bits per heavy atom. The number of hydrogen-bond donors (Lipinski definition) is 1. The lowest BCUT2D eigenvalue weighted by Crippen LogP contribution is -2.08. The van der Waals surface area contributed by atoms with E-state index in [-0.39, 0.29) is 6.42 Å². The van der Waals surface area contributed by atoms with Crippen LogP contribution in [0.1, 0.15) is 24.2 Å². The van der Waals surface area contributed by atoms with Crippen molar-refractivity contribution in [2.75, 3.05) is 7.11 Å². The molecule has 0 aliphatic heterocycles. The molecule has 0 saturated heterocycles. The van der Waals surface area contributed by atoms with Gasteiger partial charge in [-0.15, -0.1) is 0 Å². The summed E-state index contributed by atoms with van der Waals surface area (Å²) in [6, 6.07) is 7.75. The van der Waals surface area contributed by atoms with Crippen molar-refractivity contribution in [2.45, 2.75) is 25.8 Å². The molecule has 0 radical (unpaired) electrons. The van der Waals surface area contributed by atoms with Crippen molar-refractivity contribution in [3.8, 4) is 5.75 Å². The van der Waals surface area contributed by atoms with Gasteiger partial charge in [-0.3, -0.25) is 4.79 Å². The number of rotatable bonds is 7. The second kappa shape index (κ2) is 6.70. The van der Waals surface area contributed by atoms with Gasteiger partial charge in [0.2, 0.25) is 0 Å². The fraction of sp³-hybridized carbons (Fsp3) is 0.357. The molecule has 2 aromatic rings. The molecule has 0 aliphatic rings. The van der Waals surface area contributed by atoms with E-state index in [1.165, 1.54) is 6.33 Å². The number of aromatic nitrogens is 3. The van der Waals surface area contributed by atoms with Crippen LogP contribution in [0.3, 0.4) is 0 Å². The minimum Gasteiger partial charge on any atom is -0.497 e. The van der Waals surface area contributed by atoms with Gasteiger partial charge in [-0.25, -0.2) is 9.67 Å². The van der Waals surface area contributed by atoms with Gasteiger partial charge in [-0.05, 0) is 24.1 Å². The van der Waals surface area contributed by atoms with Gasteiger partial charge in [0.15, 0.2) is 0 Å². The summed E-state index contributed by atoms with van der Waals surface area (Å²) >= 11 is 0. The number of nitrogens with zero attached hydrogens (tertiary/aromatic N) is 3. The summed E-state index contributed by atoms with van der Waals surface area (Å²) in [6.45, 7) is 0.617. The van der Waals surface area contributed by atoms with Gasteiger partial charge in [-0.1, -0.05) is 12.1 Å². The predicted molar refractivity (Wildman–Crippen MR) is 72.7 cm³/mol. The molecule has 1 heterocycles. The molecule has 6 heteroatoms. The second-order valence-corrected chi connectivity index (χ2v) is 4.43. The smallest absolute Gasteiger partial charge is 0.303 e. The normalized spacial score (nSPS) is 10.4. The molecule has 0 unspecified atom stereocenters. The molecule has 0 saturated carbocycles. The van der Waals surface area contributed by atoms with Crippen LogP contribution in [0, 0.1) is 0 Å². The lowest BCUT2D eigenvalue weighted by atomic mass is 10.2. The average molecular weight is 275 g/mol. The molecule has 0 aliphatic carbocycles. The zero-order chi connectivity index (χ0) is 14.4. The monoisotopic (exact) mass is 275 g/mol. The van der Waals surface area contributed by atoms with Crippen molar-refractivity contribution in [2.24, 2.45) is 0 Å². The highest BCUT2D eigenvalue weighted by Gasteiger charge is 2.06. The lowest BCUT2D eigenvalue weighted by molar-refractivity contribution is -0.137. The zero-order valence-electron chi connectivity index (χ0n) is 11.3. The Hall–Kier alpha value is -2.37. The SMILES string of the molecule is COc1ccc(Cn2ncnc2CCCC(=O)O)cc1. The topological polar surface area (TPSA) is 77.2 Å². The molecule has 1 aromatic heterocycles. The van der Waals surface area contributed by atoms with Crippen molar-refractivity contribution in [3.05, 3.63) is 42.0 Å². The molecular formula is C14H17N3O3. The van der Waals surface area contributed by atoms with Crippen LogP contribution >= 0.6 is 0 Å². The van der Waals surface area contributed by atoms with Crippen molar-refractivity contribution >= 4 is 5.97 Å². The van der Waals surface area contributed by atoms with Gasteiger partial charge in [0.1, 0.15) is 17.9 Å². The summed E-state index contributed by atoms with van der Waals surface area (Å²) in [4.78, 5) is 14.7. The van der Waals surface area contributed by atoms with Crippen molar-refractivity contribution in [1.29, 1.82) is 0 Å². The van der Waals surface area contributed by atoms with Crippen LogP contribution in [0.15, 0.2) is 30.6 Å². The van der Waals surface area contributed by atoms with Crippen LogP contribution in [-0.2, 0) is 17.8 Å². The molecule has 1 N–H and O–H groups in total. The van der Waals surface area contributed by atoms with Crippen molar-refractivity contribution < 1.29 is 14.6 Å². The van der Waals surface area contributed by atoms with E-state index >= 15 is 0 Å². The van der Waals surface area contributed by atoms with Crippen LogP contribution in [0.4, 0.5) is 0 Å². The fourth-order valence-corrected chi connectivity index (χ4v) is 1.92. The molecule has 0 spiro atoms. The van der Waals surface area contributed by atoms with E-state index in [4.69, 9.17) is 9.84 Å². The highest BCUT2D eigenvalue weighted by atomic mass is 16.5. The van der Waals surface area contributed by atoms with E-state index in [9.17, 15) is 4.79 Å². The van der Waals surface area contributed by atoms with Gasteiger partial charge in [0.25, 0.3) is 0 Å². The summed E-state index contributed by atoms with van der Waals surface area (Å²) < 4.78 is 6.91. The maximum absolute atomic E-state index is 10.5. The van der Waals surface area contributed by atoms with E-state index in [0.717, 1.165) is 17.1 Å². The molecule has 0 amide bonds. The minimum absolute atomic E-state index is 0.148. The first kappa shape index (κ1) is 14.0. The number of carbonyl (C=O) groups is 1. The predicted octanol–water partition coefficient (Wildman–Crippen LogP) is 1.74. The van der Waals surface area contributed by atoms with E-state index in [0.29, 0.717) is 19.4 Å². The maximum atomic E-state index is 10.5. The van der Waals surface area contributed by atoms with E-state index < -0.39 is 5.97 Å². The minimum atomic E-state index is -0.786. The summed E-state index contributed by atoms with van der Waals surface area (Å²) in [5.41, 5.74) is 1.09.